The normalized spacial score (nSPS) is 14.0. The standard InChI is InChI=1S/C18H26N2O3S/c1-4-6-7-8-15-17(14(12-24-15)18(22)23-3)19-13-10-16(21)20(11-13)9-5-2/h10,12,19H,4-9,11H2,1-3H3. The van der Waals surface area contributed by atoms with Gasteiger partial charge >= 0.3 is 5.97 Å². The van der Waals surface area contributed by atoms with Crippen LogP contribution in [-0.2, 0) is 16.0 Å². The molecule has 0 saturated heterocycles. The predicted molar refractivity (Wildman–Crippen MR) is 97.5 cm³/mol. The maximum Gasteiger partial charge on any atom is 0.340 e. The molecule has 6 heteroatoms. The minimum atomic E-state index is -0.342. The van der Waals surface area contributed by atoms with Crippen LogP contribution in [0.4, 0.5) is 5.69 Å². The van der Waals surface area contributed by atoms with Crippen molar-refractivity contribution < 1.29 is 14.3 Å². The number of anilines is 1. The van der Waals surface area contributed by atoms with Crippen LogP contribution < -0.4 is 5.32 Å². The van der Waals surface area contributed by atoms with Crippen molar-refractivity contribution in [3.05, 3.63) is 27.6 Å². The van der Waals surface area contributed by atoms with Gasteiger partial charge in [-0.05, 0) is 19.3 Å². The molecule has 132 valence electrons. The van der Waals surface area contributed by atoms with Gasteiger partial charge in [0.25, 0.3) is 0 Å². The Kier molecular flexibility index (Phi) is 6.85. The van der Waals surface area contributed by atoms with Crippen LogP contribution in [0.1, 0.15) is 54.8 Å². The summed E-state index contributed by atoms with van der Waals surface area (Å²) < 4.78 is 4.89. The van der Waals surface area contributed by atoms with Gasteiger partial charge in [0.2, 0.25) is 5.91 Å². The topological polar surface area (TPSA) is 58.6 Å². The number of carbonyl (C=O) groups excluding carboxylic acids is 2. The number of methoxy groups -OCH3 is 1. The molecule has 0 saturated carbocycles. The SMILES string of the molecule is CCCCCc1scc(C(=O)OC)c1NC1=CC(=O)N(CCC)C1. The van der Waals surface area contributed by atoms with Crippen LogP contribution in [0.15, 0.2) is 17.2 Å². The van der Waals surface area contributed by atoms with Crippen molar-refractivity contribution in [3.8, 4) is 0 Å². The minimum absolute atomic E-state index is 0.0294. The third-order valence-corrected chi connectivity index (χ3v) is 5.08. The summed E-state index contributed by atoms with van der Waals surface area (Å²) in [6, 6.07) is 0. The van der Waals surface area contributed by atoms with Crippen LogP contribution in [0, 0.1) is 0 Å². The molecule has 1 N–H and O–H groups in total. The Morgan fingerprint density at radius 3 is 2.79 bits per heavy atom. The van der Waals surface area contributed by atoms with Gasteiger partial charge in [-0.15, -0.1) is 11.3 Å². The lowest BCUT2D eigenvalue weighted by Crippen LogP contribution is -2.27. The first kappa shape index (κ1) is 18.5. The minimum Gasteiger partial charge on any atom is -0.465 e. The molecule has 0 aliphatic carbocycles. The van der Waals surface area contributed by atoms with Gasteiger partial charge in [0, 0.05) is 28.6 Å². The van der Waals surface area contributed by atoms with Crippen molar-refractivity contribution in [1.82, 2.24) is 4.90 Å². The highest BCUT2D eigenvalue weighted by atomic mass is 32.1. The molecule has 1 aliphatic rings. The summed E-state index contributed by atoms with van der Waals surface area (Å²) in [7, 11) is 1.39. The van der Waals surface area contributed by atoms with Gasteiger partial charge in [0.15, 0.2) is 0 Å². The summed E-state index contributed by atoms with van der Waals surface area (Å²) in [5.74, 6) is -0.312. The third kappa shape index (κ3) is 4.38. The molecule has 1 amide bonds. The number of ether oxygens (including phenoxy) is 1. The van der Waals surface area contributed by atoms with Crippen molar-refractivity contribution in [2.75, 3.05) is 25.5 Å². The second-order valence-electron chi connectivity index (χ2n) is 5.95. The molecule has 0 spiro atoms. The fourth-order valence-corrected chi connectivity index (χ4v) is 3.79. The Morgan fingerprint density at radius 2 is 2.12 bits per heavy atom. The Labute approximate surface area is 147 Å². The van der Waals surface area contributed by atoms with Gasteiger partial charge < -0.3 is 15.0 Å². The van der Waals surface area contributed by atoms with E-state index in [9.17, 15) is 9.59 Å². The number of rotatable bonds is 9. The number of nitrogens with zero attached hydrogens (tertiary/aromatic N) is 1. The van der Waals surface area contributed by atoms with Crippen LogP contribution >= 0.6 is 11.3 Å². The summed E-state index contributed by atoms with van der Waals surface area (Å²) in [6.07, 6.45) is 6.90. The molecule has 24 heavy (non-hydrogen) atoms. The molecule has 0 bridgehead atoms. The van der Waals surface area contributed by atoms with Crippen LogP contribution in [0.5, 0.6) is 0 Å². The van der Waals surface area contributed by atoms with E-state index in [4.69, 9.17) is 4.74 Å². The summed E-state index contributed by atoms with van der Waals surface area (Å²) in [6.45, 7) is 5.54. The van der Waals surface area contributed by atoms with Gasteiger partial charge in [-0.2, -0.15) is 0 Å². The van der Waals surface area contributed by atoms with E-state index in [1.54, 1.807) is 17.4 Å². The number of nitrogens with one attached hydrogen (secondary N) is 1. The molecule has 0 fully saturated rings. The van der Waals surface area contributed by atoms with E-state index in [1.165, 1.54) is 7.11 Å². The molecule has 5 nitrogen and oxygen atoms in total. The Hall–Kier alpha value is -1.82. The van der Waals surface area contributed by atoms with Gasteiger partial charge in [-0.3, -0.25) is 4.79 Å². The van der Waals surface area contributed by atoms with Crippen LogP contribution in [0.3, 0.4) is 0 Å². The second-order valence-corrected chi connectivity index (χ2v) is 6.91. The van der Waals surface area contributed by atoms with E-state index >= 15 is 0 Å². The lowest BCUT2D eigenvalue weighted by Gasteiger charge is -2.16. The zero-order chi connectivity index (χ0) is 17.5. The number of aryl methyl sites for hydroxylation is 1. The van der Waals surface area contributed by atoms with Crippen molar-refractivity contribution in [1.29, 1.82) is 0 Å². The molecule has 0 unspecified atom stereocenters. The molecule has 1 aliphatic heterocycles. The number of hydrogen-bond acceptors (Lipinski definition) is 5. The van der Waals surface area contributed by atoms with Crippen molar-refractivity contribution in [3.63, 3.8) is 0 Å². The molecule has 2 rings (SSSR count). The zero-order valence-electron chi connectivity index (χ0n) is 14.7. The smallest absolute Gasteiger partial charge is 0.340 e. The Bertz CT molecular complexity index is 622. The first-order valence-corrected chi connectivity index (χ1v) is 9.43. The van der Waals surface area contributed by atoms with Crippen LogP contribution in [0.25, 0.3) is 0 Å². The van der Waals surface area contributed by atoms with E-state index in [1.807, 2.05) is 10.3 Å². The largest absolute Gasteiger partial charge is 0.465 e. The number of esters is 1. The Balaban J connectivity index is 2.17. The van der Waals surface area contributed by atoms with Gasteiger partial charge in [-0.1, -0.05) is 26.7 Å². The van der Waals surface area contributed by atoms with Crippen molar-refractivity contribution in [2.24, 2.45) is 0 Å². The average molecular weight is 350 g/mol. The molecule has 1 aromatic rings. The lowest BCUT2D eigenvalue weighted by atomic mass is 10.1. The summed E-state index contributed by atoms with van der Waals surface area (Å²) in [5.41, 5.74) is 2.20. The molecular formula is C18H26N2O3S. The summed E-state index contributed by atoms with van der Waals surface area (Å²) in [4.78, 5) is 27.0. The van der Waals surface area contributed by atoms with E-state index in [0.717, 1.165) is 54.9 Å². The number of carbonyl (C=O) groups is 2. The number of hydrogen-bond donors (Lipinski definition) is 1. The molecule has 0 aromatic carbocycles. The molecular weight excluding hydrogens is 324 g/mol. The number of amides is 1. The molecule has 0 radical (unpaired) electrons. The lowest BCUT2D eigenvalue weighted by molar-refractivity contribution is -0.124. The van der Waals surface area contributed by atoms with Gasteiger partial charge in [0.1, 0.15) is 0 Å². The fraction of sp³-hybridized carbons (Fsp3) is 0.556. The van der Waals surface area contributed by atoms with Crippen LogP contribution in [0.2, 0.25) is 0 Å². The van der Waals surface area contributed by atoms with E-state index in [0.29, 0.717) is 12.1 Å². The molecule has 2 heterocycles. The number of thiophene rings is 1. The monoisotopic (exact) mass is 350 g/mol. The van der Waals surface area contributed by atoms with E-state index < -0.39 is 0 Å². The quantitative estimate of drug-likeness (QED) is 0.543. The van der Waals surface area contributed by atoms with Crippen molar-refractivity contribution >= 4 is 28.9 Å². The third-order valence-electron chi connectivity index (χ3n) is 4.03. The van der Waals surface area contributed by atoms with Crippen molar-refractivity contribution in [2.45, 2.75) is 46.0 Å². The highest BCUT2D eigenvalue weighted by molar-refractivity contribution is 7.10. The predicted octanol–water partition coefficient (Wildman–Crippen LogP) is 3.82. The highest BCUT2D eigenvalue weighted by Gasteiger charge is 2.24. The molecule has 0 atom stereocenters. The summed E-state index contributed by atoms with van der Waals surface area (Å²) >= 11 is 1.58. The fourth-order valence-electron chi connectivity index (χ4n) is 2.78. The molecule has 1 aromatic heterocycles. The highest BCUT2D eigenvalue weighted by Crippen LogP contribution is 2.32. The van der Waals surface area contributed by atoms with E-state index in [2.05, 4.69) is 19.2 Å². The average Bonchev–Trinajstić information content (AvgIpc) is 3.12. The maximum atomic E-state index is 12.0. The summed E-state index contributed by atoms with van der Waals surface area (Å²) in [5, 5.41) is 5.17. The zero-order valence-corrected chi connectivity index (χ0v) is 15.5. The first-order chi connectivity index (χ1) is 11.6. The Morgan fingerprint density at radius 1 is 1.33 bits per heavy atom. The van der Waals surface area contributed by atoms with E-state index in [-0.39, 0.29) is 11.9 Å². The maximum absolute atomic E-state index is 12.0. The first-order valence-electron chi connectivity index (χ1n) is 8.55. The van der Waals surface area contributed by atoms with Crippen LogP contribution in [-0.4, -0.2) is 37.0 Å². The number of unbranched alkanes of at least 4 members (excludes halogenated alkanes) is 2. The van der Waals surface area contributed by atoms with Gasteiger partial charge in [-0.25, -0.2) is 4.79 Å². The van der Waals surface area contributed by atoms with Gasteiger partial charge in [0.05, 0.1) is 24.9 Å². The second kappa shape index (κ2) is 8.87.